The van der Waals surface area contributed by atoms with Crippen LogP contribution in [0.15, 0.2) is 18.2 Å². The minimum absolute atomic E-state index is 0.379. The van der Waals surface area contributed by atoms with E-state index in [9.17, 15) is 0 Å². The minimum atomic E-state index is 0.379. The van der Waals surface area contributed by atoms with Crippen LogP contribution < -0.4 is 19.7 Å². The van der Waals surface area contributed by atoms with E-state index in [0.29, 0.717) is 6.04 Å². The fraction of sp³-hybridized carbons (Fsp3) is 0.467. The Kier molecular flexibility index (Phi) is 4.33. The molecule has 6 nitrogen and oxygen atoms in total. The summed E-state index contributed by atoms with van der Waals surface area (Å²) in [6.07, 6.45) is 1.07. The number of rotatable bonds is 5. The molecule has 0 amide bonds. The normalized spacial score (nSPS) is 17.6. The van der Waals surface area contributed by atoms with Crippen molar-refractivity contribution in [3.8, 4) is 11.5 Å². The Morgan fingerprint density at radius 3 is 2.55 bits per heavy atom. The summed E-state index contributed by atoms with van der Waals surface area (Å²) in [5.74, 6) is 2.44. The molecule has 1 N–H and O–H groups in total. The first-order valence-corrected chi connectivity index (χ1v) is 8.00. The summed E-state index contributed by atoms with van der Waals surface area (Å²) in [7, 11) is 3.34. The SMILES string of the molecule is COc1cc(OC)cc(N2CC[C@H](Nc3nc(C)ns3)C2)c1. The van der Waals surface area contributed by atoms with Crippen molar-refractivity contribution in [2.45, 2.75) is 19.4 Å². The number of aryl methyl sites for hydroxylation is 1. The van der Waals surface area contributed by atoms with Crippen molar-refractivity contribution in [1.82, 2.24) is 9.36 Å². The first kappa shape index (κ1) is 14.9. The fourth-order valence-corrected chi connectivity index (χ4v) is 3.27. The zero-order chi connectivity index (χ0) is 15.5. The quantitative estimate of drug-likeness (QED) is 0.913. The number of aromatic nitrogens is 2. The Morgan fingerprint density at radius 2 is 1.95 bits per heavy atom. The molecular weight excluding hydrogens is 300 g/mol. The first-order chi connectivity index (χ1) is 10.7. The van der Waals surface area contributed by atoms with Crippen molar-refractivity contribution in [3.63, 3.8) is 0 Å². The Labute approximate surface area is 134 Å². The Morgan fingerprint density at radius 1 is 1.23 bits per heavy atom. The van der Waals surface area contributed by atoms with Gasteiger partial charge in [-0.15, -0.1) is 0 Å². The molecule has 118 valence electrons. The first-order valence-electron chi connectivity index (χ1n) is 7.23. The van der Waals surface area contributed by atoms with Crippen LogP contribution in [0.2, 0.25) is 0 Å². The van der Waals surface area contributed by atoms with Crippen molar-refractivity contribution < 1.29 is 9.47 Å². The van der Waals surface area contributed by atoms with E-state index >= 15 is 0 Å². The van der Waals surface area contributed by atoms with E-state index in [2.05, 4.69) is 19.6 Å². The third-order valence-corrected chi connectivity index (χ3v) is 4.48. The summed E-state index contributed by atoms with van der Waals surface area (Å²) in [4.78, 5) is 6.69. The molecule has 2 heterocycles. The molecule has 0 spiro atoms. The van der Waals surface area contributed by atoms with Crippen molar-refractivity contribution >= 4 is 22.4 Å². The van der Waals surface area contributed by atoms with Crippen molar-refractivity contribution in [3.05, 3.63) is 24.0 Å². The maximum atomic E-state index is 5.34. The lowest BCUT2D eigenvalue weighted by Gasteiger charge is -2.20. The summed E-state index contributed by atoms with van der Waals surface area (Å²) in [5.41, 5.74) is 1.12. The number of methoxy groups -OCH3 is 2. The van der Waals surface area contributed by atoms with Crippen LogP contribution in [0.4, 0.5) is 10.8 Å². The highest BCUT2D eigenvalue weighted by molar-refractivity contribution is 7.09. The van der Waals surface area contributed by atoms with Gasteiger partial charge in [0.2, 0.25) is 5.13 Å². The molecule has 22 heavy (non-hydrogen) atoms. The van der Waals surface area contributed by atoms with Crippen LogP contribution in [0.5, 0.6) is 11.5 Å². The van der Waals surface area contributed by atoms with Gasteiger partial charge in [-0.3, -0.25) is 0 Å². The average Bonchev–Trinajstić information content (AvgIpc) is 3.16. The summed E-state index contributed by atoms with van der Waals surface area (Å²) < 4.78 is 14.9. The molecule has 7 heteroatoms. The van der Waals surface area contributed by atoms with Crippen molar-refractivity contribution in [2.75, 3.05) is 37.5 Å². The van der Waals surface area contributed by atoms with Gasteiger partial charge in [0.25, 0.3) is 0 Å². The standard InChI is InChI=1S/C15H20N4O2S/c1-10-16-15(22-18-10)17-11-4-5-19(9-11)12-6-13(20-2)8-14(7-12)21-3/h6-8,11H,4-5,9H2,1-3H3,(H,16,17,18)/t11-/m0/s1. The van der Waals surface area contributed by atoms with Gasteiger partial charge in [0.15, 0.2) is 0 Å². The second-order valence-electron chi connectivity index (χ2n) is 5.29. The Bertz CT molecular complexity index is 624. The monoisotopic (exact) mass is 320 g/mol. The molecule has 0 bridgehead atoms. The molecular formula is C15H20N4O2S. The van der Waals surface area contributed by atoms with Gasteiger partial charge in [-0.1, -0.05) is 0 Å². The summed E-state index contributed by atoms with van der Waals surface area (Å²) in [5, 5.41) is 4.36. The zero-order valence-electron chi connectivity index (χ0n) is 13.0. The molecule has 1 aliphatic heterocycles. The number of nitrogens with zero attached hydrogens (tertiary/aromatic N) is 3. The van der Waals surface area contributed by atoms with Gasteiger partial charge in [-0.25, -0.2) is 4.98 Å². The Hall–Kier alpha value is -2.02. The predicted octanol–water partition coefficient (Wildman–Crippen LogP) is 2.55. The van der Waals surface area contributed by atoms with Crippen LogP contribution in [0, 0.1) is 6.92 Å². The van der Waals surface area contributed by atoms with Gasteiger partial charge in [-0.2, -0.15) is 4.37 Å². The molecule has 1 fully saturated rings. The van der Waals surface area contributed by atoms with Gasteiger partial charge in [-0.05, 0) is 13.3 Å². The third-order valence-electron chi connectivity index (χ3n) is 3.74. The van der Waals surface area contributed by atoms with E-state index in [1.54, 1.807) is 14.2 Å². The van der Waals surface area contributed by atoms with Crippen LogP contribution >= 0.6 is 11.5 Å². The van der Waals surface area contributed by atoms with Crippen molar-refractivity contribution in [1.29, 1.82) is 0 Å². The van der Waals surface area contributed by atoms with Crippen LogP contribution in [0.1, 0.15) is 12.2 Å². The molecule has 1 aromatic carbocycles. The van der Waals surface area contributed by atoms with Gasteiger partial charge < -0.3 is 19.7 Å². The largest absolute Gasteiger partial charge is 0.497 e. The van der Waals surface area contributed by atoms with Gasteiger partial charge in [0, 0.05) is 54.6 Å². The molecule has 3 rings (SSSR count). The van der Waals surface area contributed by atoms with E-state index in [0.717, 1.165) is 47.7 Å². The molecule has 1 aromatic heterocycles. The highest BCUT2D eigenvalue weighted by Gasteiger charge is 2.24. The van der Waals surface area contributed by atoms with Gasteiger partial charge in [0.05, 0.1) is 14.2 Å². The molecule has 1 atom stereocenters. The molecule has 2 aromatic rings. The van der Waals surface area contributed by atoms with E-state index in [4.69, 9.17) is 9.47 Å². The lowest BCUT2D eigenvalue weighted by molar-refractivity contribution is 0.394. The van der Waals surface area contributed by atoms with E-state index in [-0.39, 0.29) is 0 Å². The Balaban J connectivity index is 1.69. The number of hydrogen-bond donors (Lipinski definition) is 1. The van der Waals surface area contributed by atoms with Gasteiger partial charge >= 0.3 is 0 Å². The fourth-order valence-electron chi connectivity index (χ4n) is 2.62. The van der Waals surface area contributed by atoms with Crippen LogP contribution in [-0.4, -0.2) is 42.7 Å². The summed E-state index contributed by atoms with van der Waals surface area (Å²) in [6.45, 7) is 3.83. The molecule has 0 radical (unpaired) electrons. The van der Waals surface area contributed by atoms with Crippen LogP contribution in [0.3, 0.4) is 0 Å². The minimum Gasteiger partial charge on any atom is -0.497 e. The van der Waals surface area contributed by atoms with E-state index in [1.807, 2.05) is 25.1 Å². The number of nitrogens with one attached hydrogen (secondary N) is 1. The summed E-state index contributed by atoms with van der Waals surface area (Å²) in [6, 6.07) is 6.35. The molecule has 0 aliphatic carbocycles. The second kappa shape index (κ2) is 6.39. The van der Waals surface area contributed by atoms with E-state index in [1.165, 1.54) is 11.5 Å². The highest BCUT2D eigenvalue weighted by Crippen LogP contribution is 2.31. The summed E-state index contributed by atoms with van der Waals surface area (Å²) >= 11 is 1.41. The lowest BCUT2D eigenvalue weighted by Crippen LogP contribution is -2.26. The highest BCUT2D eigenvalue weighted by atomic mass is 32.1. The predicted molar refractivity (Wildman–Crippen MR) is 88.4 cm³/mol. The van der Waals surface area contributed by atoms with Crippen LogP contribution in [-0.2, 0) is 0 Å². The van der Waals surface area contributed by atoms with Gasteiger partial charge in [0.1, 0.15) is 17.3 Å². The number of hydrogen-bond acceptors (Lipinski definition) is 7. The molecule has 1 saturated heterocycles. The number of anilines is 2. The topological polar surface area (TPSA) is 59.5 Å². The smallest absolute Gasteiger partial charge is 0.202 e. The maximum absolute atomic E-state index is 5.34. The number of benzene rings is 1. The van der Waals surface area contributed by atoms with Crippen LogP contribution in [0.25, 0.3) is 0 Å². The molecule has 1 aliphatic rings. The second-order valence-corrected chi connectivity index (χ2v) is 6.05. The lowest BCUT2D eigenvalue weighted by atomic mass is 10.2. The molecule has 0 saturated carbocycles. The van der Waals surface area contributed by atoms with Crippen molar-refractivity contribution in [2.24, 2.45) is 0 Å². The van der Waals surface area contributed by atoms with E-state index < -0.39 is 0 Å². The average molecular weight is 320 g/mol. The number of ether oxygens (including phenoxy) is 2. The zero-order valence-corrected chi connectivity index (χ0v) is 13.8. The maximum Gasteiger partial charge on any atom is 0.202 e. The molecule has 0 unspecified atom stereocenters. The third kappa shape index (κ3) is 3.24.